The number of aryl methyl sites for hydroxylation is 1. The first-order chi connectivity index (χ1) is 14.0. The number of carbonyl (C=O) groups excluding carboxylic acids is 1. The van der Waals surface area contributed by atoms with Gasteiger partial charge in [-0.05, 0) is 61.3 Å². The number of hydrogen-bond acceptors (Lipinski definition) is 2. The molecule has 0 fully saturated rings. The van der Waals surface area contributed by atoms with E-state index < -0.39 is 0 Å². The fourth-order valence-electron chi connectivity index (χ4n) is 4.85. The van der Waals surface area contributed by atoms with Crippen molar-refractivity contribution in [3.05, 3.63) is 53.5 Å². The van der Waals surface area contributed by atoms with Crippen molar-refractivity contribution in [3.63, 3.8) is 0 Å². The Kier molecular flexibility index (Phi) is 5.58. The maximum atomic E-state index is 10.8. The topological polar surface area (TPSA) is 34.9 Å². The van der Waals surface area contributed by atoms with Gasteiger partial charge in [0.25, 0.3) is 0 Å². The Morgan fingerprint density at radius 3 is 2.52 bits per heavy atom. The molecular formula is C26H32N2O. The molecule has 29 heavy (non-hydrogen) atoms. The molecule has 1 aliphatic heterocycles. The summed E-state index contributed by atoms with van der Waals surface area (Å²) in [6, 6.07) is 2.19. The number of ketones is 1. The lowest BCUT2D eigenvalue weighted by molar-refractivity contribution is -0.124. The van der Waals surface area contributed by atoms with Crippen molar-refractivity contribution in [2.24, 2.45) is 11.8 Å². The van der Waals surface area contributed by atoms with Gasteiger partial charge in [-0.2, -0.15) is 0 Å². The highest BCUT2D eigenvalue weighted by Crippen LogP contribution is 2.43. The molecule has 5 rings (SSSR count). The lowest BCUT2D eigenvalue weighted by atomic mass is 9.94. The van der Waals surface area contributed by atoms with Crippen LogP contribution in [-0.4, -0.2) is 15.3 Å². The van der Waals surface area contributed by atoms with Gasteiger partial charge in [0.15, 0.2) is 0 Å². The fraction of sp³-hybridized carbons (Fsp3) is 0.462. The standard InChI is InChI=1S/C19H18N2.C7H14O/c1-2-7-17-13(4-1)8-9-14-5-3-6-15-16-12-20-11-10-18(16)21(17)19(14)15;1-5(2)7(8)6(3)4/h5,8-12H,1-4,6-7H2;5-6H,1-4H3. The summed E-state index contributed by atoms with van der Waals surface area (Å²) in [5.41, 5.74) is 8.75. The third-order valence-corrected chi connectivity index (χ3v) is 6.26. The highest BCUT2D eigenvalue weighted by atomic mass is 16.1. The molecule has 2 aliphatic carbocycles. The smallest absolute Gasteiger partial charge is 0.137 e. The lowest BCUT2D eigenvalue weighted by Crippen LogP contribution is -2.13. The number of rotatable bonds is 2. The van der Waals surface area contributed by atoms with Crippen molar-refractivity contribution in [2.45, 2.75) is 66.2 Å². The van der Waals surface area contributed by atoms with Gasteiger partial charge in [0.05, 0.1) is 11.2 Å². The molecule has 0 bridgehead atoms. The van der Waals surface area contributed by atoms with Gasteiger partial charge in [0.2, 0.25) is 0 Å². The zero-order chi connectivity index (χ0) is 20.5. The Morgan fingerprint density at radius 1 is 1.03 bits per heavy atom. The van der Waals surface area contributed by atoms with Gasteiger partial charge in [-0.25, -0.2) is 0 Å². The third-order valence-electron chi connectivity index (χ3n) is 6.26. The van der Waals surface area contributed by atoms with E-state index in [1.165, 1.54) is 64.7 Å². The molecule has 3 heteroatoms. The summed E-state index contributed by atoms with van der Waals surface area (Å²) in [4.78, 5) is 15.2. The average molecular weight is 389 g/mol. The van der Waals surface area contributed by atoms with Gasteiger partial charge in [-0.1, -0.05) is 45.9 Å². The van der Waals surface area contributed by atoms with Crippen LogP contribution >= 0.6 is 0 Å². The van der Waals surface area contributed by atoms with E-state index in [1.54, 1.807) is 0 Å². The van der Waals surface area contributed by atoms with Crippen molar-refractivity contribution < 1.29 is 4.79 Å². The highest BCUT2D eigenvalue weighted by Gasteiger charge is 2.27. The first-order valence-corrected chi connectivity index (χ1v) is 11.1. The van der Waals surface area contributed by atoms with Crippen LogP contribution in [0.4, 0.5) is 0 Å². The first kappa shape index (κ1) is 19.9. The fourth-order valence-corrected chi connectivity index (χ4v) is 4.85. The van der Waals surface area contributed by atoms with Crippen LogP contribution in [0.5, 0.6) is 0 Å². The predicted molar refractivity (Wildman–Crippen MR) is 122 cm³/mol. The minimum atomic E-state index is 0.204. The molecule has 0 unspecified atom stereocenters. The minimum Gasteiger partial charge on any atom is -0.312 e. The number of aromatic nitrogens is 2. The van der Waals surface area contributed by atoms with Crippen molar-refractivity contribution in [3.8, 4) is 0 Å². The number of hydrogen-bond donors (Lipinski definition) is 0. The first-order valence-electron chi connectivity index (χ1n) is 11.1. The van der Waals surface area contributed by atoms with Gasteiger partial charge in [0, 0.05) is 35.3 Å². The minimum absolute atomic E-state index is 0.204. The van der Waals surface area contributed by atoms with E-state index >= 15 is 0 Å². The molecule has 3 aliphatic rings. The maximum Gasteiger partial charge on any atom is 0.137 e. The number of nitrogens with zero attached hydrogens (tertiary/aromatic N) is 2. The molecule has 0 N–H and O–H groups in total. The van der Waals surface area contributed by atoms with Gasteiger partial charge >= 0.3 is 0 Å². The highest BCUT2D eigenvalue weighted by molar-refractivity contribution is 5.96. The second-order valence-corrected chi connectivity index (χ2v) is 8.98. The molecule has 0 amide bonds. The van der Waals surface area contributed by atoms with Crippen LogP contribution < -0.4 is 0 Å². The number of Topliss-reactive ketones (excluding diaryl/α,β-unsaturated/α-hetero) is 1. The van der Waals surface area contributed by atoms with Crippen molar-refractivity contribution in [2.75, 3.05) is 0 Å². The third kappa shape index (κ3) is 3.63. The molecule has 0 aromatic carbocycles. The Hall–Kier alpha value is -2.42. The van der Waals surface area contributed by atoms with Crippen LogP contribution in [0.1, 0.15) is 71.1 Å². The van der Waals surface area contributed by atoms with Crippen molar-refractivity contribution in [1.29, 1.82) is 0 Å². The molecule has 3 heterocycles. The van der Waals surface area contributed by atoms with Gasteiger partial charge < -0.3 is 4.57 Å². The molecule has 2 aromatic rings. The van der Waals surface area contributed by atoms with E-state index in [1.807, 2.05) is 33.9 Å². The van der Waals surface area contributed by atoms with Gasteiger partial charge in [-0.3, -0.25) is 9.78 Å². The predicted octanol–water partition coefficient (Wildman–Crippen LogP) is 6.59. The van der Waals surface area contributed by atoms with Crippen LogP contribution in [0.2, 0.25) is 0 Å². The van der Waals surface area contributed by atoms with Crippen LogP contribution in [0.15, 0.2) is 42.3 Å². The summed E-state index contributed by atoms with van der Waals surface area (Å²) in [6.07, 6.45) is 18.4. The Bertz CT molecular complexity index is 1020. The zero-order valence-corrected chi connectivity index (χ0v) is 18.2. The monoisotopic (exact) mass is 388 g/mol. The summed E-state index contributed by atoms with van der Waals surface area (Å²) in [7, 11) is 0. The maximum absolute atomic E-state index is 10.8. The van der Waals surface area contributed by atoms with E-state index in [0.717, 1.165) is 12.8 Å². The van der Waals surface area contributed by atoms with E-state index in [2.05, 4.69) is 40.0 Å². The Labute approximate surface area is 174 Å². The Morgan fingerprint density at radius 2 is 1.79 bits per heavy atom. The molecule has 0 spiro atoms. The number of carbonyl (C=O) groups is 1. The van der Waals surface area contributed by atoms with Crippen molar-refractivity contribution >= 4 is 28.0 Å². The summed E-state index contributed by atoms with van der Waals surface area (Å²) in [6.45, 7) is 7.73. The second kappa shape index (κ2) is 8.14. The van der Waals surface area contributed by atoms with Gasteiger partial charge in [-0.15, -0.1) is 0 Å². The SMILES string of the molecule is C1=CC2=C(CCCC2)n2c3c(c4cnccc42)CCC=C13.CC(C)C(=O)C(C)C. The summed E-state index contributed by atoms with van der Waals surface area (Å²) in [5, 5.41) is 1.35. The molecule has 3 nitrogen and oxygen atoms in total. The second-order valence-electron chi connectivity index (χ2n) is 8.98. The average Bonchev–Trinajstić information content (AvgIpc) is 2.96. The van der Waals surface area contributed by atoms with Crippen LogP contribution in [0.3, 0.4) is 0 Å². The number of pyridine rings is 1. The zero-order valence-electron chi connectivity index (χ0n) is 18.2. The molecule has 152 valence electrons. The van der Waals surface area contributed by atoms with Crippen molar-refractivity contribution in [1.82, 2.24) is 9.55 Å². The molecule has 0 saturated heterocycles. The molecule has 0 radical (unpaired) electrons. The van der Waals surface area contributed by atoms with Crippen LogP contribution in [-0.2, 0) is 11.2 Å². The Balaban J connectivity index is 0.000000221. The van der Waals surface area contributed by atoms with E-state index in [-0.39, 0.29) is 11.8 Å². The molecular weight excluding hydrogens is 356 g/mol. The van der Waals surface area contributed by atoms with Crippen LogP contribution in [0.25, 0.3) is 22.2 Å². The number of fused-ring (bicyclic) bond motifs is 4. The van der Waals surface area contributed by atoms with E-state index in [9.17, 15) is 4.79 Å². The summed E-state index contributed by atoms with van der Waals surface area (Å²) in [5.74, 6) is 0.759. The largest absolute Gasteiger partial charge is 0.312 e. The lowest BCUT2D eigenvalue weighted by Gasteiger charge is -2.21. The normalized spacial score (nSPS) is 17.5. The van der Waals surface area contributed by atoms with E-state index in [4.69, 9.17) is 0 Å². The summed E-state index contributed by atoms with van der Waals surface area (Å²) < 4.78 is 2.55. The summed E-state index contributed by atoms with van der Waals surface area (Å²) >= 11 is 0. The number of allylic oxidation sites excluding steroid dienone is 6. The van der Waals surface area contributed by atoms with Crippen LogP contribution in [0, 0.1) is 11.8 Å². The molecule has 0 saturated carbocycles. The van der Waals surface area contributed by atoms with E-state index in [0.29, 0.717) is 5.78 Å². The van der Waals surface area contributed by atoms with Gasteiger partial charge in [0.1, 0.15) is 5.78 Å². The quantitative estimate of drug-likeness (QED) is 0.582. The molecule has 2 aromatic heterocycles. The molecule has 0 atom stereocenters.